The first-order valence-corrected chi connectivity index (χ1v) is 19.0. The molecule has 0 unspecified atom stereocenters. The van der Waals surface area contributed by atoms with E-state index in [1.54, 1.807) is 43.8 Å². The van der Waals surface area contributed by atoms with E-state index in [1.165, 1.54) is 5.56 Å². The third-order valence-electron chi connectivity index (χ3n) is 8.55. The number of rotatable bonds is 7. The summed E-state index contributed by atoms with van der Waals surface area (Å²) in [7, 11) is 3.30. The van der Waals surface area contributed by atoms with Crippen LogP contribution in [0.1, 0.15) is 50.4 Å². The number of ether oxygens (including phenoxy) is 3. The van der Waals surface area contributed by atoms with Gasteiger partial charge in [-0.25, -0.2) is 19.6 Å². The number of halogens is 2. The van der Waals surface area contributed by atoms with Crippen LogP contribution in [0.5, 0.6) is 11.5 Å². The second kappa shape index (κ2) is 17.2. The normalized spacial score (nSPS) is 12.0. The minimum atomic E-state index is -0.988. The molecule has 6 heterocycles. The number of carboxylic acids is 1. The van der Waals surface area contributed by atoms with Crippen molar-refractivity contribution >= 4 is 66.5 Å². The molecule has 0 saturated carbocycles. The van der Waals surface area contributed by atoms with Crippen molar-refractivity contribution in [2.75, 3.05) is 20.8 Å². The summed E-state index contributed by atoms with van der Waals surface area (Å²) in [6.45, 7) is 2.14. The van der Waals surface area contributed by atoms with Crippen molar-refractivity contribution in [1.29, 1.82) is 0 Å². The van der Waals surface area contributed by atoms with E-state index in [4.69, 9.17) is 14.2 Å². The van der Waals surface area contributed by atoms with Gasteiger partial charge in [0.05, 0.1) is 62.3 Å². The number of carbonyl (C=O) groups excluding carboxylic acids is 1. The average Bonchev–Trinajstić information content (AvgIpc) is 3.93. The first kappa shape index (κ1) is 40.5. The SMILES string of the molecule is CCOC(=O)c1nc(-c2cccs2)n2c1CCc1cc(OC)c(Br)cc1-2.COc1cc2c(cc1Br)-n1c(-c3cccs3)nc(C(=O)O)c1CC2.[K+].[OH-]. The Bertz CT molecular complexity index is 2250. The van der Waals surface area contributed by atoms with Crippen molar-refractivity contribution in [1.82, 2.24) is 19.1 Å². The molecule has 2 aromatic carbocycles. The number of imidazole rings is 2. The molecule has 0 atom stereocenters. The molecular formula is C36H31Br2KN4O7S2. The van der Waals surface area contributed by atoms with Gasteiger partial charge in [-0.1, -0.05) is 12.1 Å². The topological polar surface area (TPSA) is 148 Å². The van der Waals surface area contributed by atoms with E-state index in [1.807, 2.05) is 63.9 Å². The standard InChI is InChI=1S/C19H17BrN2O3S.C17H13BrN2O3S.K.H2O/c1-3-25-19(23)17-13-7-6-11-9-15(24-2)12(20)10-14(11)22(13)18(21-17)16-5-4-8-26-16;1-23-13-7-9-4-5-11-15(17(21)22)19-16(14-3-2-6-24-14)20(11)12(9)8-10(13)18;;/h4-5,8-10H,3,6-7H2,1-2H3;2-3,6-8H,4-5H2,1H3,(H,21,22);;1H2/q;;+1;/p-1. The average molecular weight is 895 g/mol. The van der Waals surface area contributed by atoms with E-state index in [-0.39, 0.29) is 68.5 Å². The fraction of sp³-hybridized carbons (Fsp3) is 0.222. The van der Waals surface area contributed by atoms with E-state index in [2.05, 4.69) is 46.4 Å². The Morgan fingerprint density at radius 1 is 0.788 bits per heavy atom. The molecule has 0 bridgehead atoms. The zero-order valence-electron chi connectivity index (χ0n) is 28.6. The Hall–Kier alpha value is -2.64. The number of hydrogen-bond acceptors (Lipinski definition) is 10. The smallest absolute Gasteiger partial charge is 0.870 e. The molecule has 2 aliphatic heterocycles. The van der Waals surface area contributed by atoms with Gasteiger partial charge in [0.2, 0.25) is 0 Å². The molecule has 11 nitrogen and oxygen atoms in total. The maximum atomic E-state index is 12.5. The van der Waals surface area contributed by atoms with Gasteiger partial charge in [-0.15, -0.1) is 22.7 Å². The summed E-state index contributed by atoms with van der Waals surface area (Å²) in [6.07, 6.45) is 2.94. The van der Waals surface area contributed by atoms with Crippen molar-refractivity contribution in [3.63, 3.8) is 0 Å². The van der Waals surface area contributed by atoms with Gasteiger partial charge in [0, 0.05) is 0 Å². The van der Waals surface area contributed by atoms with Crippen LogP contribution in [0.15, 0.2) is 68.2 Å². The molecule has 0 amide bonds. The molecule has 2 aliphatic rings. The molecule has 2 N–H and O–H groups in total. The Kier molecular flexibility index (Phi) is 13.4. The third-order valence-corrected chi connectivity index (χ3v) is 11.5. The van der Waals surface area contributed by atoms with Crippen LogP contribution in [0.2, 0.25) is 0 Å². The monoisotopic (exact) mass is 892 g/mol. The second-order valence-electron chi connectivity index (χ2n) is 11.3. The maximum Gasteiger partial charge on any atom is 1.00 e. The molecule has 0 spiro atoms. The van der Waals surface area contributed by atoms with Gasteiger partial charge >= 0.3 is 63.3 Å². The summed E-state index contributed by atoms with van der Waals surface area (Å²) in [6, 6.07) is 16.0. The Morgan fingerprint density at radius 2 is 1.25 bits per heavy atom. The van der Waals surface area contributed by atoms with Gasteiger partial charge in [-0.2, -0.15) is 0 Å². The van der Waals surface area contributed by atoms with Crippen LogP contribution in [0, 0.1) is 0 Å². The van der Waals surface area contributed by atoms with Crippen LogP contribution < -0.4 is 60.9 Å². The van der Waals surface area contributed by atoms with Crippen LogP contribution in [0.25, 0.3) is 32.8 Å². The van der Waals surface area contributed by atoms with Crippen molar-refractivity contribution < 1.29 is 85.8 Å². The van der Waals surface area contributed by atoms with Crippen LogP contribution in [0.4, 0.5) is 0 Å². The molecule has 52 heavy (non-hydrogen) atoms. The van der Waals surface area contributed by atoms with E-state index in [0.717, 1.165) is 83.6 Å². The molecule has 264 valence electrons. The molecule has 0 aliphatic carbocycles. The Labute approximate surface area is 367 Å². The number of aryl methyl sites for hydroxylation is 2. The summed E-state index contributed by atoms with van der Waals surface area (Å²) in [4.78, 5) is 35.2. The number of esters is 1. The molecular weight excluding hydrogens is 863 g/mol. The largest absolute Gasteiger partial charge is 1.00 e. The van der Waals surface area contributed by atoms with E-state index in [9.17, 15) is 14.7 Å². The molecule has 4 aromatic heterocycles. The minimum Gasteiger partial charge on any atom is -0.870 e. The molecule has 6 aromatic rings. The number of carboxylic acid groups (broad SMARTS) is 1. The maximum absolute atomic E-state index is 12.5. The molecule has 0 saturated heterocycles. The number of aromatic nitrogens is 4. The van der Waals surface area contributed by atoms with Gasteiger partial charge < -0.3 is 24.8 Å². The quantitative estimate of drug-likeness (QED) is 0.159. The number of nitrogens with zero attached hydrogens (tertiary/aromatic N) is 4. The first-order chi connectivity index (χ1) is 24.2. The zero-order valence-corrected chi connectivity index (χ0v) is 36.5. The third kappa shape index (κ3) is 7.52. The Morgan fingerprint density at radius 3 is 1.65 bits per heavy atom. The predicted molar refractivity (Wildman–Crippen MR) is 202 cm³/mol. The second-order valence-corrected chi connectivity index (χ2v) is 14.9. The number of aromatic carboxylic acids is 1. The fourth-order valence-electron chi connectivity index (χ4n) is 6.37. The van der Waals surface area contributed by atoms with Crippen LogP contribution >= 0.6 is 54.5 Å². The van der Waals surface area contributed by atoms with Gasteiger partial charge in [-0.3, -0.25) is 9.13 Å². The van der Waals surface area contributed by atoms with Crippen LogP contribution in [0.3, 0.4) is 0 Å². The summed E-state index contributed by atoms with van der Waals surface area (Å²) >= 11 is 10.2. The van der Waals surface area contributed by atoms with E-state index < -0.39 is 5.97 Å². The Balaban J connectivity index is 0.000000194. The number of methoxy groups -OCH3 is 2. The van der Waals surface area contributed by atoms with Gasteiger partial charge in [0.1, 0.15) is 11.5 Å². The summed E-state index contributed by atoms with van der Waals surface area (Å²) in [5.74, 6) is 1.67. The van der Waals surface area contributed by atoms with E-state index >= 15 is 0 Å². The molecule has 16 heteroatoms. The van der Waals surface area contributed by atoms with Crippen molar-refractivity contribution in [3.05, 3.63) is 102 Å². The number of benzene rings is 2. The zero-order chi connectivity index (χ0) is 35.1. The number of hydrogen-bond donors (Lipinski definition) is 1. The predicted octanol–water partition coefficient (Wildman–Crippen LogP) is 5.64. The summed E-state index contributed by atoms with van der Waals surface area (Å²) in [5, 5.41) is 13.5. The number of fused-ring (bicyclic) bond motifs is 6. The number of carbonyl (C=O) groups is 2. The first-order valence-electron chi connectivity index (χ1n) is 15.7. The summed E-state index contributed by atoms with van der Waals surface area (Å²) < 4.78 is 21.8. The van der Waals surface area contributed by atoms with E-state index in [0.29, 0.717) is 24.5 Å². The van der Waals surface area contributed by atoms with Gasteiger partial charge in [0.15, 0.2) is 23.0 Å². The molecule has 0 fully saturated rings. The number of thiophene rings is 2. The van der Waals surface area contributed by atoms with Crippen molar-refractivity contribution in [3.8, 4) is 44.3 Å². The van der Waals surface area contributed by atoms with Crippen molar-refractivity contribution in [2.45, 2.75) is 32.6 Å². The van der Waals surface area contributed by atoms with Gasteiger partial charge in [0.25, 0.3) is 0 Å². The molecule has 0 radical (unpaired) electrons. The van der Waals surface area contributed by atoms with Gasteiger partial charge in [-0.05, 0) is 123 Å². The van der Waals surface area contributed by atoms with Crippen LogP contribution in [-0.2, 0) is 30.4 Å². The minimum absolute atomic E-state index is 0. The molecule has 8 rings (SSSR count). The summed E-state index contributed by atoms with van der Waals surface area (Å²) in [5.41, 5.74) is 6.45. The van der Waals surface area contributed by atoms with Crippen molar-refractivity contribution in [2.24, 2.45) is 0 Å². The van der Waals surface area contributed by atoms with Crippen LogP contribution in [-0.4, -0.2) is 62.4 Å². The fourth-order valence-corrected chi connectivity index (χ4v) is 8.76.